The molecule has 92 valence electrons. The normalized spacial score (nSPS) is 17.3. The van der Waals surface area contributed by atoms with E-state index in [9.17, 15) is 4.79 Å². The first kappa shape index (κ1) is 12.0. The van der Waals surface area contributed by atoms with Gasteiger partial charge in [-0.25, -0.2) is 9.97 Å². The third-order valence-corrected chi connectivity index (χ3v) is 3.42. The largest absolute Gasteiger partial charge is 0.468 e. The van der Waals surface area contributed by atoms with E-state index in [2.05, 4.69) is 9.97 Å². The number of nitrogens with zero attached hydrogens (tertiary/aromatic N) is 2. The van der Waals surface area contributed by atoms with Gasteiger partial charge in [0.05, 0.1) is 7.11 Å². The molecule has 1 aromatic rings. The summed E-state index contributed by atoms with van der Waals surface area (Å²) in [5, 5.41) is 0. The van der Waals surface area contributed by atoms with Crippen LogP contribution in [-0.4, -0.2) is 23.0 Å². The maximum atomic E-state index is 11.6. The van der Waals surface area contributed by atoms with Crippen molar-refractivity contribution >= 4 is 5.97 Å². The molecule has 0 spiro atoms. The smallest absolute Gasteiger partial charge is 0.316 e. The van der Waals surface area contributed by atoms with Crippen LogP contribution < -0.4 is 0 Å². The highest BCUT2D eigenvalue weighted by atomic mass is 16.5. The maximum absolute atomic E-state index is 11.6. The van der Waals surface area contributed by atoms with Crippen molar-refractivity contribution < 1.29 is 9.53 Å². The number of ether oxygens (including phenoxy) is 1. The molecule has 0 radical (unpaired) electrons. The molecule has 0 aliphatic heterocycles. The summed E-state index contributed by atoms with van der Waals surface area (Å²) in [4.78, 5) is 20.3. The van der Waals surface area contributed by atoms with Crippen LogP contribution in [0.4, 0.5) is 0 Å². The summed E-state index contributed by atoms with van der Waals surface area (Å²) in [5.74, 6) is 0.578. The topological polar surface area (TPSA) is 52.1 Å². The Bertz CT molecular complexity index is 402. The lowest BCUT2D eigenvalue weighted by Crippen LogP contribution is -2.18. The Morgan fingerprint density at radius 1 is 1.59 bits per heavy atom. The Labute approximate surface area is 101 Å². The molecule has 4 heteroatoms. The number of carbonyl (C=O) groups excluding carboxylic acids is 1. The lowest BCUT2D eigenvalue weighted by atomic mass is 9.83. The minimum atomic E-state index is -0.333. The minimum Gasteiger partial charge on any atom is -0.468 e. The van der Waals surface area contributed by atoms with Gasteiger partial charge in [0.2, 0.25) is 0 Å². The van der Waals surface area contributed by atoms with Crippen LogP contribution in [-0.2, 0) is 9.53 Å². The molecule has 4 nitrogen and oxygen atoms in total. The number of aromatic nitrogens is 2. The number of hydrogen-bond donors (Lipinski definition) is 0. The molecule has 1 unspecified atom stereocenters. The highest BCUT2D eigenvalue weighted by Gasteiger charge is 2.25. The quantitative estimate of drug-likeness (QED) is 0.751. The summed E-state index contributed by atoms with van der Waals surface area (Å²) >= 11 is 0. The van der Waals surface area contributed by atoms with E-state index in [4.69, 9.17) is 4.74 Å². The van der Waals surface area contributed by atoms with Gasteiger partial charge in [0.25, 0.3) is 0 Å². The monoisotopic (exact) mass is 234 g/mol. The highest BCUT2D eigenvalue weighted by Crippen LogP contribution is 2.35. The lowest BCUT2D eigenvalue weighted by molar-refractivity contribution is -0.142. The SMILES string of the molecule is CCC(C(=O)OC)c1nccc(C2CCC2)n1. The first-order valence-electron chi connectivity index (χ1n) is 6.17. The molecule has 0 amide bonds. The molecule has 1 aromatic heterocycles. The maximum Gasteiger partial charge on any atom is 0.316 e. The van der Waals surface area contributed by atoms with Gasteiger partial charge in [0.1, 0.15) is 11.7 Å². The van der Waals surface area contributed by atoms with Gasteiger partial charge in [-0.15, -0.1) is 0 Å². The fourth-order valence-electron chi connectivity index (χ4n) is 2.08. The number of methoxy groups -OCH3 is 1. The van der Waals surface area contributed by atoms with Crippen molar-refractivity contribution in [1.82, 2.24) is 9.97 Å². The van der Waals surface area contributed by atoms with E-state index >= 15 is 0 Å². The van der Waals surface area contributed by atoms with Crippen molar-refractivity contribution in [2.24, 2.45) is 0 Å². The van der Waals surface area contributed by atoms with Crippen LogP contribution in [0.25, 0.3) is 0 Å². The van der Waals surface area contributed by atoms with Crippen LogP contribution in [0.5, 0.6) is 0 Å². The van der Waals surface area contributed by atoms with E-state index < -0.39 is 0 Å². The second-order valence-corrected chi connectivity index (χ2v) is 4.45. The Morgan fingerprint density at radius 3 is 2.88 bits per heavy atom. The van der Waals surface area contributed by atoms with Crippen LogP contribution in [0.2, 0.25) is 0 Å². The second-order valence-electron chi connectivity index (χ2n) is 4.45. The number of esters is 1. The van der Waals surface area contributed by atoms with Crippen molar-refractivity contribution in [2.45, 2.75) is 44.4 Å². The molecular formula is C13H18N2O2. The van der Waals surface area contributed by atoms with Crippen molar-refractivity contribution in [3.63, 3.8) is 0 Å². The van der Waals surface area contributed by atoms with Gasteiger partial charge < -0.3 is 4.74 Å². The summed E-state index contributed by atoms with van der Waals surface area (Å²) in [6.07, 6.45) is 6.09. The van der Waals surface area contributed by atoms with Crippen molar-refractivity contribution in [2.75, 3.05) is 7.11 Å². The fraction of sp³-hybridized carbons (Fsp3) is 0.615. The van der Waals surface area contributed by atoms with Gasteiger partial charge in [-0.05, 0) is 25.3 Å². The molecule has 0 aromatic carbocycles. The van der Waals surface area contributed by atoms with Crippen molar-refractivity contribution in [3.8, 4) is 0 Å². The standard InChI is InChI=1S/C13H18N2O2/c1-3-10(13(16)17-2)12-14-8-7-11(15-12)9-5-4-6-9/h7-10H,3-6H2,1-2H3. The molecule has 0 bridgehead atoms. The minimum absolute atomic E-state index is 0.252. The van der Waals surface area contributed by atoms with Gasteiger partial charge in [-0.3, -0.25) is 4.79 Å². The van der Waals surface area contributed by atoms with Crippen LogP contribution in [0.1, 0.15) is 56.0 Å². The lowest BCUT2D eigenvalue weighted by Gasteiger charge is -2.25. The second kappa shape index (κ2) is 5.25. The molecule has 1 heterocycles. The molecular weight excluding hydrogens is 216 g/mol. The first-order chi connectivity index (χ1) is 8.26. The van der Waals surface area contributed by atoms with E-state index in [1.54, 1.807) is 6.20 Å². The van der Waals surface area contributed by atoms with E-state index in [1.807, 2.05) is 13.0 Å². The van der Waals surface area contributed by atoms with E-state index in [1.165, 1.54) is 26.4 Å². The summed E-state index contributed by atoms with van der Waals surface area (Å²) < 4.78 is 4.78. The number of carbonyl (C=O) groups is 1. The number of hydrogen-bond acceptors (Lipinski definition) is 4. The number of rotatable bonds is 4. The zero-order valence-electron chi connectivity index (χ0n) is 10.3. The van der Waals surface area contributed by atoms with Crippen LogP contribution in [0.3, 0.4) is 0 Å². The molecule has 17 heavy (non-hydrogen) atoms. The van der Waals surface area contributed by atoms with Crippen LogP contribution in [0.15, 0.2) is 12.3 Å². The molecule has 1 saturated carbocycles. The average Bonchev–Trinajstić information content (AvgIpc) is 2.28. The van der Waals surface area contributed by atoms with Gasteiger partial charge in [0.15, 0.2) is 0 Å². The third-order valence-electron chi connectivity index (χ3n) is 3.42. The Hall–Kier alpha value is -1.45. The predicted octanol–water partition coefficient (Wildman–Crippen LogP) is 2.41. The summed E-state index contributed by atoms with van der Waals surface area (Å²) in [6.45, 7) is 1.95. The molecule has 1 aliphatic carbocycles. The van der Waals surface area contributed by atoms with Gasteiger partial charge >= 0.3 is 5.97 Å². The summed E-state index contributed by atoms with van der Waals surface area (Å²) in [7, 11) is 1.40. The molecule has 1 aliphatic rings. The first-order valence-corrected chi connectivity index (χ1v) is 6.17. The van der Waals surface area contributed by atoms with Gasteiger partial charge in [-0.2, -0.15) is 0 Å². The molecule has 1 atom stereocenters. The highest BCUT2D eigenvalue weighted by molar-refractivity contribution is 5.76. The average molecular weight is 234 g/mol. The van der Waals surface area contributed by atoms with E-state index in [0.717, 1.165) is 5.69 Å². The van der Waals surface area contributed by atoms with Crippen molar-refractivity contribution in [3.05, 3.63) is 23.8 Å². The Kier molecular flexibility index (Phi) is 3.71. The molecule has 0 N–H and O–H groups in total. The summed E-state index contributed by atoms with van der Waals surface area (Å²) in [5.41, 5.74) is 1.07. The van der Waals surface area contributed by atoms with Gasteiger partial charge in [-0.1, -0.05) is 13.3 Å². The van der Waals surface area contributed by atoms with Crippen molar-refractivity contribution in [1.29, 1.82) is 0 Å². The Morgan fingerprint density at radius 2 is 2.35 bits per heavy atom. The van der Waals surface area contributed by atoms with Crippen LogP contribution in [0, 0.1) is 0 Å². The van der Waals surface area contributed by atoms with E-state index in [-0.39, 0.29) is 11.9 Å². The molecule has 0 saturated heterocycles. The molecule has 1 fully saturated rings. The predicted molar refractivity (Wildman–Crippen MR) is 63.7 cm³/mol. The van der Waals surface area contributed by atoms with Crippen LogP contribution >= 0.6 is 0 Å². The molecule has 2 rings (SSSR count). The fourth-order valence-corrected chi connectivity index (χ4v) is 2.08. The van der Waals surface area contributed by atoms with E-state index in [0.29, 0.717) is 18.2 Å². The zero-order valence-corrected chi connectivity index (χ0v) is 10.3. The summed E-state index contributed by atoms with van der Waals surface area (Å²) in [6, 6.07) is 1.96. The Balaban J connectivity index is 2.21. The zero-order chi connectivity index (χ0) is 12.3. The van der Waals surface area contributed by atoms with Gasteiger partial charge in [0, 0.05) is 17.8 Å². The third kappa shape index (κ3) is 2.46.